The second-order valence-corrected chi connectivity index (χ2v) is 6.55. The molecule has 0 saturated carbocycles. The highest BCUT2D eigenvalue weighted by Crippen LogP contribution is 2.30. The largest absolute Gasteiger partial charge is 0.378 e. The number of morpholine rings is 1. The molecule has 3 heterocycles. The van der Waals surface area contributed by atoms with Crippen molar-refractivity contribution in [3.05, 3.63) is 29.1 Å². The van der Waals surface area contributed by atoms with Crippen LogP contribution in [0.1, 0.15) is 41.5 Å². The van der Waals surface area contributed by atoms with E-state index in [1.807, 2.05) is 37.8 Å². The van der Waals surface area contributed by atoms with Crippen LogP contribution in [0.5, 0.6) is 0 Å². The molecule has 1 amide bonds. The third-order valence-corrected chi connectivity index (χ3v) is 4.55. The topological polar surface area (TPSA) is 51.7 Å². The van der Waals surface area contributed by atoms with E-state index in [1.54, 1.807) is 0 Å². The zero-order chi connectivity index (χ0) is 15.7. The van der Waals surface area contributed by atoms with E-state index >= 15 is 0 Å². The molecule has 0 aromatic carbocycles. The lowest BCUT2D eigenvalue weighted by molar-refractivity contribution is -0.188. The van der Waals surface area contributed by atoms with Crippen molar-refractivity contribution in [3.63, 3.8) is 0 Å². The number of hydrogen-bond donors (Lipinski definition) is 0. The molecule has 5 nitrogen and oxygen atoms in total. The first-order valence-corrected chi connectivity index (χ1v) is 7.98. The van der Waals surface area contributed by atoms with Gasteiger partial charge in [-0.15, -0.1) is 0 Å². The molecule has 3 rings (SSSR count). The maximum absolute atomic E-state index is 12.8. The highest BCUT2D eigenvalue weighted by molar-refractivity contribution is 5.92. The van der Waals surface area contributed by atoms with E-state index in [0.717, 1.165) is 30.7 Å². The summed E-state index contributed by atoms with van der Waals surface area (Å²) < 4.78 is 11.7. The highest BCUT2D eigenvalue weighted by Gasteiger charge is 2.42. The van der Waals surface area contributed by atoms with Crippen LogP contribution >= 0.6 is 0 Å². The van der Waals surface area contributed by atoms with Crippen LogP contribution in [0.15, 0.2) is 12.1 Å². The average Bonchev–Trinajstić information content (AvgIpc) is 2.49. The van der Waals surface area contributed by atoms with Gasteiger partial charge in [-0.05, 0) is 45.2 Å². The Balaban J connectivity index is 1.80. The van der Waals surface area contributed by atoms with Gasteiger partial charge in [0.1, 0.15) is 11.3 Å². The molecule has 2 saturated heterocycles. The molecule has 2 fully saturated rings. The molecule has 0 aliphatic carbocycles. The van der Waals surface area contributed by atoms with Crippen LogP contribution < -0.4 is 0 Å². The Morgan fingerprint density at radius 1 is 1.41 bits per heavy atom. The predicted octanol–water partition coefficient (Wildman–Crippen LogP) is 2.11. The van der Waals surface area contributed by atoms with Gasteiger partial charge in [-0.3, -0.25) is 4.79 Å². The Kier molecular flexibility index (Phi) is 4.19. The molecule has 5 heteroatoms. The summed E-state index contributed by atoms with van der Waals surface area (Å²) in [5, 5.41) is 0. The molecule has 2 atom stereocenters. The van der Waals surface area contributed by atoms with Crippen LogP contribution in [0.4, 0.5) is 0 Å². The Morgan fingerprint density at radius 3 is 2.91 bits per heavy atom. The molecule has 1 spiro atoms. The van der Waals surface area contributed by atoms with Gasteiger partial charge in [-0.2, -0.15) is 0 Å². The normalized spacial score (nSPS) is 28.9. The fraction of sp³-hybridized carbons (Fsp3) is 0.647. The summed E-state index contributed by atoms with van der Waals surface area (Å²) in [4.78, 5) is 19.1. The second kappa shape index (κ2) is 5.97. The summed E-state index contributed by atoms with van der Waals surface area (Å²) in [6, 6.07) is 3.77. The van der Waals surface area contributed by atoms with Crippen LogP contribution in [0, 0.1) is 13.8 Å². The molecule has 120 valence electrons. The minimum atomic E-state index is -0.342. The van der Waals surface area contributed by atoms with Crippen molar-refractivity contribution < 1.29 is 14.3 Å². The van der Waals surface area contributed by atoms with E-state index < -0.39 is 0 Å². The van der Waals surface area contributed by atoms with E-state index in [0.29, 0.717) is 25.4 Å². The van der Waals surface area contributed by atoms with Gasteiger partial charge in [-0.25, -0.2) is 4.98 Å². The number of carbonyl (C=O) groups is 1. The minimum absolute atomic E-state index is 0.0109. The van der Waals surface area contributed by atoms with Crippen LogP contribution in [-0.2, 0) is 9.47 Å². The zero-order valence-electron chi connectivity index (χ0n) is 13.6. The van der Waals surface area contributed by atoms with Gasteiger partial charge in [0.2, 0.25) is 0 Å². The van der Waals surface area contributed by atoms with E-state index in [1.165, 1.54) is 0 Å². The molecular formula is C17H24N2O3. The molecule has 2 aliphatic rings. The van der Waals surface area contributed by atoms with Gasteiger partial charge >= 0.3 is 0 Å². The number of carbonyl (C=O) groups excluding carboxylic acids is 1. The van der Waals surface area contributed by atoms with Gasteiger partial charge < -0.3 is 14.4 Å². The van der Waals surface area contributed by atoms with Crippen molar-refractivity contribution in [3.8, 4) is 0 Å². The minimum Gasteiger partial charge on any atom is -0.378 e. The molecule has 0 radical (unpaired) electrons. The van der Waals surface area contributed by atoms with Crippen molar-refractivity contribution in [2.75, 3.05) is 26.3 Å². The molecule has 0 N–H and O–H groups in total. The standard InChI is InChI=1S/C17H24N2O3/c1-12-5-6-15(18-14(12)3)16(20)19-9-13(2)22-17(10-19)7-4-8-21-11-17/h5-6,13H,4,7-11H2,1-3H3. The summed E-state index contributed by atoms with van der Waals surface area (Å²) in [5.74, 6) is -0.0109. The Hall–Kier alpha value is -1.46. The van der Waals surface area contributed by atoms with Gasteiger partial charge in [0, 0.05) is 18.8 Å². The Bertz CT molecular complexity index is 567. The third-order valence-electron chi connectivity index (χ3n) is 4.55. The van der Waals surface area contributed by atoms with Gasteiger partial charge in [0.05, 0.1) is 19.3 Å². The number of aryl methyl sites for hydroxylation is 2. The van der Waals surface area contributed by atoms with E-state index in [-0.39, 0.29) is 17.6 Å². The SMILES string of the molecule is Cc1ccc(C(=O)N2CC(C)OC3(CCCOC3)C2)nc1C. The molecule has 2 unspecified atom stereocenters. The Labute approximate surface area is 131 Å². The summed E-state index contributed by atoms with van der Waals surface area (Å²) in [6.07, 6.45) is 1.95. The summed E-state index contributed by atoms with van der Waals surface area (Å²) >= 11 is 0. The molecular weight excluding hydrogens is 280 g/mol. The van der Waals surface area contributed by atoms with Crippen molar-refractivity contribution in [2.24, 2.45) is 0 Å². The average molecular weight is 304 g/mol. The fourth-order valence-corrected chi connectivity index (χ4v) is 3.33. The number of nitrogens with zero attached hydrogens (tertiary/aromatic N) is 2. The van der Waals surface area contributed by atoms with E-state index in [2.05, 4.69) is 4.98 Å². The molecule has 1 aromatic rings. The molecule has 2 aliphatic heterocycles. The zero-order valence-corrected chi connectivity index (χ0v) is 13.6. The van der Waals surface area contributed by atoms with Crippen molar-refractivity contribution >= 4 is 5.91 Å². The number of ether oxygens (including phenoxy) is 2. The number of pyridine rings is 1. The summed E-state index contributed by atoms with van der Waals surface area (Å²) in [5.41, 5.74) is 2.18. The molecule has 1 aromatic heterocycles. The number of aromatic nitrogens is 1. The lowest BCUT2D eigenvalue weighted by atomic mass is 9.93. The van der Waals surface area contributed by atoms with Crippen LogP contribution in [0.2, 0.25) is 0 Å². The fourth-order valence-electron chi connectivity index (χ4n) is 3.33. The summed E-state index contributed by atoms with van der Waals surface area (Å²) in [7, 11) is 0. The van der Waals surface area contributed by atoms with E-state index in [9.17, 15) is 4.79 Å². The molecule has 22 heavy (non-hydrogen) atoms. The monoisotopic (exact) mass is 304 g/mol. The first-order valence-electron chi connectivity index (χ1n) is 7.98. The number of rotatable bonds is 1. The van der Waals surface area contributed by atoms with Gasteiger partial charge in [0.25, 0.3) is 5.91 Å². The smallest absolute Gasteiger partial charge is 0.272 e. The van der Waals surface area contributed by atoms with Crippen molar-refractivity contribution in [1.82, 2.24) is 9.88 Å². The van der Waals surface area contributed by atoms with Crippen LogP contribution in [0.25, 0.3) is 0 Å². The first-order chi connectivity index (χ1) is 10.5. The van der Waals surface area contributed by atoms with Gasteiger partial charge in [-0.1, -0.05) is 6.07 Å². The molecule has 0 bridgehead atoms. The van der Waals surface area contributed by atoms with Crippen molar-refractivity contribution in [1.29, 1.82) is 0 Å². The quantitative estimate of drug-likeness (QED) is 0.797. The summed E-state index contributed by atoms with van der Waals surface area (Å²) in [6.45, 7) is 8.50. The van der Waals surface area contributed by atoms with Crippen LogP contribution in [-0.4, -0.2) is 53.8 Å². The maximum Gasteiger partial charge on any atom is 0.272 e. The number of amides is 1. The first kappa shape index (κ1) is 15.4. The highest BCUT2D eigenvalue weighted by atomic mass is 16.6. The van der Waals surface area contributed by atoms with Crippen molar-refractivity contribution in [2.45, 2.75) is 45.3 Å². The van der Waals surface area contributed by atoms with Crippen LogP contribution in [0.3, 0.4) is 0 Å². The lowest BCUT2D eigenvalue weighted by Gasteiger charge is -2.47. The third kappa shape index (κ3) is 3.01. The Morgan fingerprint density at radius 2 is 2.23 bits per heavy atom. The predicted molar refractivity (Wildman–Crippen MR) is 82.9 cm³/mol. The second-order valence-electron chi connectivity index (χ2n) is 6.55. The van der Waals surface area contributed by atoms with E-state index in [4.69, 9.17) is 9.47 Å². The number of hydrogen-bond acceptors (Lipinski definition) is 4. The maximum atomic E-state index is 12.8. The van der Waals surface area contributed by atoms with Gasteiger partial charge in [0.15, 0.2) is 0 Å². The lowest BCUT2D eigenvalue weighted by Crippen LogP contribution is -2.59.